The first kappa shape index (κ1) is 22.3. The highest BCUT2D eigenvalue weighted by Gasteiger charge is 2.21. The number of alkyl halides is 2. The molecule has 4 aromatic rings. The Morgan fingerprint density at radius 3 is 2.72 bits per heavy atom. The van der Waals surface area contributed by atoms with Crippen LogP contribution in [0.1, 0.15) is 28.9 Å². The molecule has 32 heavy (non-hydrogen) atoms. The van der Waals surface area contributed by atoms with Gasteiger partial charge in [0, 0.05) is 22.5 Å². The molecule has 0 fully saturated rings. The number of amides is 1. The summed E-state index contributed by atoms with van der Waals surface area (Å²) >= 11 is 9.59. The summed E-state index contributed by atoms with van der Waals surface area (Å²) in [7, 11) is 0. The minimum atomic E-state index is -2.66. The number of pyridine rings is 1. The molecule has 0 saturated carbocycles. The Balaban J connectivity index is 1.54. The lowest BCUT2D eigenvalue weighted by atomic mass is 10.1. The van der Waals surface area contributed by atoms with Gasteiger partial charge < -0.3 is 5.32 Å². The van der Waals surface area contributed by atoms with Crippen LogP contribution in [0.15, 0.2) is 41.0 Å². The SMILES string of the molecule is Cc1cc(C(F)F)c2c(C)nn(CC(=O)Nc3nn(Cc4ccccc4Cl)cc3Br)c2n1. The Hall–Kier alpha value is -2.85. The van der Waals surface area contributed by atoms with Crippen molar-refractivity contribution in [3.05, 3.63) is 68.5 Å². The number of aryl methyl sites for hydroxylation is 2. The van der Waals surface area contributed by atoms with Crippen LogP contribution in [0.5, 0.6) is 0 Å². The Bertz CT molecular complexity index is 1320. The molecule has 3 aromatic heterocycles. The summed E-state index contributed by atoms with van der Waals surface area (Å²) in [5.41, 5.74) is 1.81. The third kappa shape index (κ3) is 4.51. The van der Waals surface area contributed by atoms with Crippen molar-refractivity contribution in [2.24, 2.45) is 0 Å². The first-order valence-electron chi connectivity index (χ1n) is 9.62. The highest BCUT2D eigenvalue weighted by molar-refractivity contribution is 9.10. The monoisotopic (exact) mass is 522 g/mol. The van der Waals surface area contributed by atoms with Crippen LogP contribution in [0.25, 0.3) is 11.0 Å². The molecule has 11 heteroatoms. The average molecular weight is 524 g/mol. The van der Waals surface area contributed by atoms with Gasteiger partial charge in [-0.15, -0.1) is 0 Å². The molecule has 0 aliphatic rings. The predicted molar refractivity (Wildman–Crippen MR) is 121 cm³/mol. The zero-order valence-electron chi connectivity index (χ0n) is 17.1. The van der Waals surface area contributed by atoms with Crippen LogP contribution < -0.4 is 5.32 Å². The molecule has 4 rings (SSSR count). The van der Waals surface area contributed by atoms with Gasteiger partial charge in [0.25, 0.3) is 6.43 Å². The van der Waals surface area contributed by atoms with Crippen molar-refractivity contribution < 1.29 is 13.6 Å². The molecule has 0 unspecified atom stereocenters. The molecule has 0 aliphatic heterocycles. The highest BCUT2D eigenvalue weighted by atomic mass is 79.9. The van der Waals surface area contributed by atoms with Gasteiger partial charge in [-0.1, -0.05) is 29.8 Å². The molecule has 0 aliphatic carbocycles. The van der Waals surface area contributed by atoms with E-state index in [0.29, 0.717) is 33.2 Å². The minimum absolute atomic E-state index is 0.141. The summed E-state index contributed by atoms with van der Waals surface area (Å²) in [5.74, 6) is -0.0901. The molecule has 3 heterocycles. The van der Waals surface area contributed by atoms with Gasteiger partial charge in [-0.2, -0.15) is 10.2 Å². The second kappa shape index (κ2) is 8.95. The number of nitrogens with one attached hydrogen (secondary N) is 1. The van der Waals surface area contributed by atoms with Gasteiger partial charge >= 0.3 is 0 Å². The standard InChI is InChI=1S/C21H18BrClF2N6O/c1-11-7-14(19(24)25)18-12(2)28-31(21(18)26-11)10-17(32)27-20-15(22)9-30(29-20)8-13-5-3-4-6-16(13)23/h3-7,9,19H,8,10H2,1-2H3,(H,27,29,32). The first-order valence-corrected chi connectivity index (χ1v) is 10.8. The van der Waals surface area contributed by atoms with Gasteiger partial charge in [0.2, 0.25) is 5.91 Å². The first-order chi connectivity index (χ1) is 15.2. The number of anilines is 1. The van der Waals surface area contributed by atoms with E-state index in [9.17, 15) is 13.6 Å². The van der Waals surface area contributed by atoms with E-state index in [-0.39, 0.29) is 23.1 Å². The normalized spacial score (nSPS) is 11.5. The molecule has 1 aromatic carbocycles. The lowest BCUT2D eigenvalue weighted by Gasteiger charge is -2.07. The number of carbonyl (C=O) groups excluding carboxylic acids is 1. The van der Waals surface area contributed by atoms with Gasteiger partial charge in [-0.05, 0) is 47.5 Å². The number of fused-ring (bicyclic) bond motifs is 1. The number of hydrogen-bond acceptors (Lipinski definition) is 4. The summed E-state index contributed by atoms with van der Waals surface area (Å²) in [6, 6.07) is 8.76. The fourth-order valence-corrected chi connectivity index (χ4v) is 4.08. The highest BCUT2D eigenvalue weighted by Crippen LogP contribution is 2.30. The van der Waals surface area contributed by atoms with E-state index in [1.807, 2.05) is 18.2 Å². The molecular weight excluding hydrogens is 506 g/mol. The van der Waals surface area contributed by atoms with Crippen LogP contribution in [-0.4, -0.2) is 30.5 Å². The molecule has 7 nitrogen and oxygen atoms in total. The molecule has 0 spiro atoms. The maximum atomic E-state index is 13.5. The van der Waals surface area contributed by atoms with Crippen molar-refractivity contribution in [1.82, 2.24) is 24.5 Å². The van der Waals surface area contributed by atoms with Crippen molar-refractivity contribution in [3.8, 4) is 0 Å². The van der Waals surface area contributed by atoms with E-state index in [1.165, 1.54) is 10.7 Å². The summed E-state index contributed by atoms with van der Waals surface area (Å²) in [5, 5.41) is 12.2. The number of halogens is 4. The van der Waals surface area contributed by atoms with Crippen LogP contribution in [0, 0.1) is 13.8 Å². The Morgan fingerprint density at radius 1 is 1.25 bits per heavy atom. The summed E-state index contributed by atoms with van der Waals surface area (Å²) in [6.45, 7) is 3.47. The number of nitrogens with zero attached hydrogens (tertiary/aromatic N) is 5. The zero-order valence-corrected chi connectivity index (χ0v) is 19.5. The van der Waals surface area contributed by atoms with E-state index in [1.54, 1.807) is 30.8 Å². The Labute approximate surface area is 195 Å². The van der Waals surface area contributed by atoms with Gasteiger partial charge in [0.1, 0.15) is 6.54 Å². The summed E-state index contributed by atoms with van der Waals surface area (Å²) < 4.78 is 30.5. The van der Waals surface area contributed by atoms with E-state index < -0.39 is 12.3 Å². The largest absolute Gasteiger partial charge is 0.307 e. The van der Waals surface area contributed by atoms with E-state index in [4.69, 9.17) is 11.6 Å². The molecule has 0 atom stereocenters. The van der Waals surface area contributed by atoms with Crippen molar-refractivity contribution >= 4 is 50.3 Å². The fraction of sp³-hybridized carbons (Fsp3) is 0.238. The van der Waals surface area contributed by atoms with E-state index in [2.05, 4.69) is 36.4 Å². The smallest absolute Gasteiger partial charge is 0.264 e. The number of rotatable bonds is 6. The Morgan fingerprint density at radius 2 is 2.00 bits per heavy atom. The average Bonchev–Trinajstić information content (AvgIpc) is 3.22. The second-order valence-electron chi connectivity index (χ2n) is 7.26. The van der Waals surface area contributed by atoms with Crippen LogP contribution in [0.4, 0.5) is 14.6 Å². The Kier molecular flexibility index (Phi) is 6.25. The van der Waals surface area contributed by atoms with Crippen LogP contribution in [0.2, 0.25) is 5.02 Å². The number of hydrogen-bond donors (Lipinski definition) is 1. The second-order valence-corrected chi connectivity index (χ2v) is 8.52. The van der Waals surface area contributed by atoms with E-state index >= 15 is 0 Å². The lowest BCUT2D eigenvalue weighted by Crippen LogP contribution is -2.20. The fourth-order valence-electron chi connectivity index (χ4n) is 3.47. The third-order valence-corrected chi connectivity index (χ3v) is 5.78. The van der Waals surface area contributed by atoms with E-state index in [0.717, 1.165) is 5.56 Å². The summed E-state index contributed by atoms with van der Waals surface area (Å²) in [6.07, 6.45) is -0.936. The zero-order chi connectivity index (χ0) is 23.0. The molecule has 0 saturated heterocycles. The van der Waals surface area contributed by atoms with Crippen LogP contribution in [-0.2, 0) is 17.9 Å². The number of benzene rings is 1. The predicted octanol–water partition coefficient (Wildman–Crippen LogP) is 5.29. The quantitative estimate of drug-likeness (QED) is 0.373. The lowest BCUT2D eigenvalue weighted by molar-refractivity contribution is -0.116. The maximum Gasteiger partial charge on any atom is 0.264 e. The number of aromatic nitrogens is 5. The topological polar surface area (TPSA) is 77.6 Å². The molecule has 1 N–H and O–H groups in total. The van der Waals surface area contributed by atoms with Gasteiger partial charge in [0.05, 0.1) is 22.1 Å². The van der Waals surface area contributed by atoms with Gasteiger partial charge in [-0.25, -0.2) is 18.4 Å². The van der Waals surface area contributed by atoms with Crippen LogP contribution >= 0.6 is 27.5 Å². The van der Waals surface area contributed by atoms with Crippen LogP contribution in [0.3, 0.4) is 0 Å². The van der Waals surface area contributed by atoms with Gasteiger partial charge in [-0.3, -0.25) is 9.48 Å². The van der Waals surface area contributed by atoms with Crippen molar-refractivity contribution in [2.45, 2.75) is 33.4 Å². The van der Waals surface area contributed by atoms with Crippen molar-refractivity contribution in [2.75, 3.05) is 5.32 Å². The third-order valence-electron chi connectivity index (χ3n) is 4.83. The number of carbonyl (C=O) groups is 1. The molecular formula is C21H18BrClF2N6O. The molecule has 0 radical (unpaired) electrons. The molecule has 1 amide bonds. The molecule has 0 bridgehead atoms. The van der Waals surface area contributed by atoms with Crippen molar-refractivity contribution in [1.29, 1.82) is 0 Å². The van der Waals surface area contributed by atoms with Crippen molar-refractivity contribution in [3.63, 3.8) is 0 Å². The minimum Gasteiger partial charge on any atom is -0.307 e. The summed E-state index contributed by atoms with van der Waals surface area (Å²) in [4.78, 5) is 17.0. The maximum absolute atomic E-state index is 13.5. The molecule has 166 valence electrons. The van der Waals surface area contributed by atoms with Gasteiger partial charge in [0.15, 0.2) is 11.5 Å².